The summed E-state index contributed by atoms with van der Waals surface area (Å²) in [5.41, 5.74) is 4.93. The molecule has 6 heteroatoms. The van der Waals surface area contributed by atoms with E-state index in [0.717, 1.165) is 38.5 Å². The summed E-state index contributed by atoms with van der Waals surface area (Å²) in [5.74, 6) is 0.802. The number of ether oxygens (including phenoxy) is 1. The molecule has 1 unspecified atom stereocenters. The molecule has 0 bridgehead atoms. The number of nitrogens with zero attached hydrogens (tertiary/aromatic N) is 3. The number of benzene rings is 2. The van der Waals surface area contributed by atoms with Crippen molar-refractivity contribution < 1.29 is 4.74 Å². The first-order valence-corrected chi connectivity index (χ1v) is 10.5. The SMILES string of the molecule is CN=C(NCc1ccccc1-c1ccc(Cn2ccnc2)cc1)NCC1CCCO1. The molecule has 1 saturated heterocycles. The van der Waals surface area contributed by atoms with Crippen molar-refractivity contribution >= 4 is 5.96 Å². The van der Waals surface area contributed by atoms with Crippen LogP contribution in [-0.4, -0.2) is 41.8 Å². The number of rotatable bonds is 7. The standard InChI is InChI=1S/C24H29N5O/c1-25-24(28-16-22-6-4-14-30-22)27-15-21-5-2-3-7-23(21)20-10-8-19(9-11-20)17-29-13-12-26-18-29/h2-3,5,7-13,18,22H,4,6,14-17H2,1H3,(H2,25,27,28). The maximum Gasteiger partial charge on any atom is 0.191 e. The van der Waals surface area contributed by atoms with Crippen molar-refractivity contribution in [2.75, 3.05) is 20.2 Å². The van der Waals surface area contributed by atoms with Crippen molar-refractivity contribution in [2.24, 2.45) is 4.99 Å². The van der Waals surface area contributed by atoms with Crippen LogP contribution in [0.3, 0.4) is 0 Å². The molecule has 2 aromatic carbocycles. The van der Waals surface area contributed by atoms with Crippen molar-refractivity contribution in [3.05, 3.63) is 78.4 Å². The molecule has 1 aliphatic rings. The van der Waals surface area contributed by atoms with Crippen LogP contribution in [0.25, 0.3) is 11.1 Å². The zero-order valence-electron chi connectivity index (χ0n) is 17.4. The van der Waals surface area contributed by atoms with Crippen LogP contribution < -0.4 is 10.6 Å². The fourth-order valence-corrected chi connectivity index (χ4v) is 3.75. The van der Waals surface area contributed by atoms with Gasteiger partial charge in [-0.3, -0.25) is 4.99 Å². The Morgan fingerprint density at radius 3 is 2.77 bits per heavy atom. The summed E-state index contributed by atoms with van der Waals surface area (Å²) < 4.78 is 7.75. The fourth-order valence-electron chi connectivity index (χ4n) is 3.75. The summed E-state index contributed by atoms with van der Waals surface area (Å²) in [6.07, 6.45) is 8.18. The number of aliphatic imine (C=N–C) groups is 1. The predicted octanol–water partition coefficient (Wildman–Crippen LogP) is 3.44. The van der Waals surface area contributed by atoms with Crippen molar-refractivity contribution in [2.45, 2.75) is 32.0 Å². The Morgan fingerprint density at radius 1 is 1.17 bits per heavy atom. The van der Waals surface area contributed by atoms with E-state index in [1.807, 2.05) is 12.5 Å². The number of guanidine groups is 1. The Bertz CT molecular complexity index is 944. The highest BCUT2D eigenvalue weighted by atomic mass is 16.5. The largest absolute Gasteiger partial charge is 0.376 e. The van der Waals surface area contributed by atoms with E-state index >= 15 is 0 Å². The van der Waals surface area contributed by atoms with E-state index in [4.69, 9.17) is 4.74 Å². The lowest BCUT2D eigenvalue weighted by molar-refractivity contribution is 0.114. The van der Waals surface area contributed by atoms with Crippen LogP contribution in [0.15, 0.2) is 72.2 Å². The molecule has 0 saturated carbocycles. The molecule has 156 valence electrons. The normalized spacial score (nSPS) is 16.6. The summed E-state index contributed by atoms with van der Waals surface area (Å²) in [6.45, 7) is 3.20. The topological polar surface area (TPSA) is 63.5 Å². The van der Waals surface area contributed by atoms with Gasteiger partial charge in [-0.15, -0.1) is 0 Å². The van der Waals surface area contributed by atoms with Crippen LogP contribution in [0.4, 0.5) is 0 Å². The second-order valence-electron chi connectivity index (χ2n) is 7.53. The van der Waals surface area contributed by atoms with Gasteiger partial charge in [-0.2, -0.15) is 0 Å². The molecule has 1 fully saturated rings. The highest BCUT2D eigenvalue weighted by Crippen LogP contribution is 2.24. The zero-order valence-corrected chi connectivity index (χ0v) is 17.4. The van der Waals surface area contributed by atoms with E-state index < -0.39 is 0 Å². The van der Waals surface area contributed by atoms with E-state index in [2.05, 4.69) is 73.7 Å². The second-order valence-corrected chi connectivity index (χ2v) is 7.53. The van der Waals surface area contributed by atoms with Gasteiger partial charge in [0.25, 0.3) is 0 Å². The van der Waals surface area contributed by atoms with Crippen molar-refractivity contribution in [3.63, 3.8) is 0 Å². The van der Waals surface area contributed by atoms with Crippen molar-refractivity contribution in [1.29, 1.82) is 0 Å². The Kier molecular flexibility index (Phi) is 6.77. The first-order valence-electron chi connectivity index (χ1n) is 10.5. The van der Waals surface area contributed by atoms with Gasteiger partial charge < -0.3 is 19.9 Å². The van der Waals surface area contributed by atoms with Crippen LogP contribution in [0, 0.1) is 0 Å². The summed E-state index contributed by atoms with van der Waals surface area (Å²) in [5, 5.41) is 6.81. The van der Waals surface area contributed by atoms with Gasteiger partial charge in [-0.05, 0) is 35.1 Å². The minimum atomic E-state index is 0.289. The van der Waals surface area contributed by atoms with E-state index in [0.29, 0.717) is 6.54 Å². The number of aromatic nitrogens is 2. The summed E-state index contributed by atoms with van der Waals surface area (Å²) in [4.78, 5) is 8.45. The third kappa shape index (κ3) is 5.27. The number of hydrogen-bond donors (Lipinski definition) is 2. The van der Waals surface area contributed by atoms with Gasteiger partial charge in [0.1, 0.15) is 0 Å². The van der Waals surface area contributed by atoms with Crippen LogP contribution >= 0.6 is 0 Å². The third-order valence-electron chi connectivity index (χ3n) is 5.40. The number of nitrogens with one attached hydrogen (secondary N) is 2. The Morgan fingerprint density at radius 2 is 2.03 bits per heavy atom. The lowest BCUT2D eigenvalue weighted by Gasteiger charge is -2.16. The summed E-state index contributed by atoms with van der Waals surface area (Å²) in [6, 6.07) is 17.2. The molecule has 30 heavy (non-hydrogen) atoms. The van der Waals surface area contributed by atoms with Gasteiger partial charge in [0.2, 0.25) is 0 Å². The fraction of sp³-hybridized carbons (Fsp3) is 0.333. The van der Waals surface area contributed by atoms with Crippen molar-refractivity contribution in [1.82, 2.24) is 20.2 Å². The average molecular weight is 404 g/mol. The van der Waals surface area contributed by atoms with Crippen LogP contribution in [-0.2, 0) is 17.8 Å². The molecule has 0 spiro atoms. The quantitative estimate of drug-likeness (QED) is 0.469. The molecule has 2 heterocycles. The molecule has 1 aromatic heterocycles. The van der Waals surface area contributed by atoms with Crippen LogP contribution in [0.5, 0.6) is 0 Å². The third-order valence-corrected chi connectivity index (χ3v) is 5.40. The lowest BCUT2D eigenvalue weighted by atomic mass is 9.98. The molecule has 1 atom stereocenters. The number of hydrogen-bond acceptors (Lipinski definition) is 3. The minimum absolute atomic E-state index is 0.289. The minimum Gasteiger partial charge on any atom is -0.376 e. The zero-order chi connectivity index (χ0) is 20.6. The van der Waals surface area contributed by atoms with Gasteiger partial charge >= 0.3 is 0 Å². The van der Waals surface area contributed by atoms with E-state index in [-0.39, 0.29) is 6.10 Å². The lowest BCUT2D eigenvalue weighted by Crippen LogP contribution is -2.40. The predicted molar refractivity (Wildman–Crippen MR) is 120 cm³/mol. The van der Waals surface area contributed by atoms with Gasteiger partial charge in [0, 0.05) is 45.7 Å². The molecular weight excluding hydrogens is 374 g/mol. The molecule has 0 amide bonds. The molecule has 4 rings (SSSR count). The van der Waals surface area contributed by atoms with Gasteiger partial charge in [0.15, 0.2) is 5.96 Å². The maximum atomic E-state index is 5.68. The molecular formula is C24H29N5O. The molecule has 6 nitrogen and oxygen atoms in total. The Labute approximate surface area is 178 Å². The maximum absolute atomic E-state index is 5.68. The first kappa shape index (κ1) is 20.2. The summed E-state index contributed by atoms with van der Waals surface area (Å²) >= 11 is 0. The van der Waals surface area contributed by atoms with Gasteiger partial charge in [0.05, 0.1) is 12.4 Å². The van der Waals surface area contributed by atoms with E-state index in [1.54, 1.807) is 13.2 Å². The molecule has 3 aromatic rings. The molecule has 2 N–H and O–H groups in total. The number of imidazole rings is 1. The van der Waals surface area contributed by atoms with Gasteiger partial charge in [-0.25, -0.2) is 4.98 Å². The monoisotopic (exact) mass is 403 g/mol. The first-order chi connectivity index (χ1) is 14.8. The Hall–Kier alpha value is -3.12. The summed E-state index contributed by atoms with van der Waals surface area (Å²) in [7, 11) is 1.80. The highest BCUT2D eigenvalue weighted by Gasteiger charge is 2.15. The highest BCUT2D eigenvalue weighted by molar-refractivity contribution is 5.80. The van der Waals surface area contributed by atoms with Gasteiger partial charge in [-0.1, -0.05) is 48.5 Å². The van der Waals surface area contributed by atoms with Crippen LogP contribution in [0.1, 0.15) is 24.0 Å². The molecule has 1 aliphatic heterocycles. The molecule has 0 radical (unpaired) electrons. The van der Waals surface area contributed by atoms with E-state index in [9.17, 15) is 0 Å². The second kappa shape index (κ2) is 10.1. The smallest absolute Gasteiger partial charge is 0.191 e. The molecule has 0 aliphatic carbocycles. The Balaban J connectivity index is 1.39. The average Bonchev–Trinajstić information content (AvgIpc) is 3.49. The van der Waals surface area contributed by atoms with Crippen LogP contribution in [0.2, 0.25) is 0 Å². The van der Waals surface area contributed by atoms with E-state index in [1.165, 1.54) is 22.3 Å². The van der Waals surface area contributed by atoms with Crippen molar-refractivity contribution in [3.8, 4) is 11.1 Å².